The van der Waals surface area contributed by atoms with Crippen molar-refractivity contribution < 1.29 is 39.1 Å². The summed E-state index contributed by atoms with van der Waals surface area (Å²) in [5.41, 5.74) is 0.556. The molecule has 0 radical (unpaired) electrons. The fraction of sp³-hybridized carbons (Fsp3) is 0.429. The highest BCUT2D eigenvalue weighted by atomic mass is 19.1. The monoisotopic (exact) mass is 423 g/mol. The molecule has 0 spiro atoms. The van der Waals surface area contributed by atoms with Crippen molar-refractivity contribution in [3.8, 4) is 5.75 Å². The summed E-state index contributed by atoms with van der Waals surface area (Å²) in [6.07, 6.45) is -0.887. The van der Waals surface area contributed by atoms with E-state index in [0.717, 1.165) is 6.08 Å². The van der Waals surface area contributed by atoms with Crippen LogP contribution in [0, 0.1) is 5.92 Å². The molecule has 0 unspecified atom stereocenters. The molecule has 1 aliphatic heterocycles. The van der Waals surface area contributed by atoms with Crippen LogP contribution in [0.4, 0.5) is 10.1 Å². The third kappa shape index (κ3) is 5.65. The van der Waals surface area contributed by atoms with Crippen LogP contribution in [-0.4, -0.2) is 63.6 Å². The molecule has 0 fully saturated rings. The first-order valence-corrected chi connectivity index (χ1v) is 9.52. The number of aliphatic hydroxyl groups excluding tert-OH is 3. The summed E-state index contributed by atoms with van der Waals surface area (Å²) in [6, 6.07) is 2.84. The molecule has 164 valence electrons. The van der Waals surface area contributed by atoms with Gasteiger partial charge in [0.05, 0.1) is 12.7 Å². The molecule has 0 amide bonds. The van der Waals surface area contributed by atoms with Gasteiger partial charge >= 0.3 is 5.97 Å². The summed E-state index contributed by atoms with van der Waals surface area (Å²) in [7, 11) is 0. The molecule has 30 heavy (non-hydrogen) atoms. The van der Waals surface area contributed by atoms with Gasteiger partial charge in [-0.3, -0.25) is 4.79 Å². The number of hydrogen-bond acceptors (Lipinski definition) is 8. The van der Waals surface area contributed by atoms with E-state index in [0.29, 0.717) is 5.69 Å². The summed E-state index contributed by atoms with van der Waals surface area (Å²) in [4.78, 5) is 24.7. The van der Waals surface area contributed by atoms with E-state index in [1.54, 1.807) is 0 Å². The molecule has 1 aromatic carbocycles. The van der Waals surface area contributed by atoms with E-state index >= 15 is 0 Å². The number of benzene rings is 1. The number of esters is 1. The molecule has 4 atom stereocenters. The van der Waals surface area contributed by atoms with E-state index in [4.69, 9.17) is 9.84 Å². The second-order valence-electron chi connectivity index (χ2n) is 7.11. The molecule has 8 nitrogen and oxygen atoms in total. The predicted molar refractivity (Wildman–Crippen MR) is 108 cm³/mol. The Bertz CT molecular complexity index is 852. The van der Waals surface area contributed by atoms with Crippen molar-refractivity contribution in [2.75, 3.05) is 18.5 Å². The summed E-state index contributed by atoms with van der Waals surface area (Å²) < 4.78 is 19.5. The van der Waals surface area contributed by atoms with E-state index in [1.807, 2.05) is 0 Å². The highest BCUT2D eigenvalue weighted by Gasteiger charge is 2.29. The Morgan fingerprint density at radius 3 is 2.60 bits per heavy atom. The Hall–Kier alpha value is -2.75. The smallest absolute Gasteiger partial charge is 0.342 e. The van der Waals surface area contributed by atoms with Crippen molar-refractivity contribution >= 4 is 23.5 Å². The zero-order valence-electron chi connectivity index (χ0n) is 16.7. The van der Waals surface area contributed by atoms with Crippen LogP contribution < -0.4 is 5.32 Å². The minimum Gasteiger partial charge on any atom is -0.507 e. The fourth-order valence-electron chi connectivity index (χ4n) is 2.87. The van der Waals surface area contributed by atoms with Gasteiger partial charge in [-0.1, -0.05) is 19.1 Å². The van der Waals surface area contributed by atoms with E-state index in [2.05, 4.69) is 5.32 Å². The Kier molecular flexibility index (Phi) is 8.10. The number of anilines is 1. The molecule has 0 aliphatic carbocycles. The Morgan fingerprint density at radius 1 is 1.23 bits per heavy atom. The van der Waals surface area contributed by atoms with Crippen LogP contribution in [0.15, 0.2) is 30.1 Å². The molecule has 2 rings (SSSR count). The second-order valence-corrected chi connectivity index (χ2v) is 7.11. The van der Waals surface area contributed by atoms with Gasteiger partial charge in [-0.2, -0.15) is 0 Å². The summed E-state index contributed by atoms with van der Waals surface area (Å²) in [6.45, 7) is 3.08. The van der Waals surface area contributed by atoms with E-state index in [1.165, 1.54) is 38.1 Å². The second kappa shape index (κ2) is 10.3. The van der Waals surface area contributed by atoms with Crippen LogP contribution in [0.5, 0.6) is 5.75 Å². The quantitative estimate of drug-likeness (QED) is 0.462. The number of halogens is 1. The van der Waals surface area contributed by atoms with Crippen molar-refractivity contribution in [1.29, 1.82) is 0 Å². The van der Waals surface area contributed by atoms with Crippen molar-refractivity contribution in [1.82, 2.24) is 0 Å². The molecule has 0 bridgehead atoms. The molecule has 0 aromatic heterocycles. The standard InChI is InChI=1S/C21H26FNO7/c1-11-8-15(22)19(27)20(28)16(25)5-3-4-13-9-14(23-6-7-24)10-17(26)18(13)21(29)30-12(11)2/h3-4,8-12,16,20,23-26,28H,5-7H2,1-2H3/b4-3+,15-8+/t11-,12+,16+,20+/m1/s1. The molecule has 1 aromatic rings. The Balaban J connectivity index is 2.51. The number of cyclic esters (lactones) is 1. The number of ketones is 1. The average Bonchev–Trinajstić information content (AvgIpc) is 2.69. The predicted octanol–water partition coefficient (Wildman–Crippen LogP) is 1.54. The molecule has 5 N–H and O–H groups in total. The molecular formula is C21H26FNO7. The van der Waals surface area contributed by atoms with Crippen molar-refractivity contribution in [2.24, 2.45) is 5.92 Å². The lowest BCUT2D eigenvalue weighted by molar-refractivity contribution is -0.130. The number of aromatic hydroxyl groups is 1. The number of aliphatic hydroxyl groups is 3. The Labute approximate surface area is 173 Å². The first kappa shape index (κ1) is 23.5. The number of carbonyl (C=O) groups excluding carboxylic acids is 2. The summed E-state index contributed by atoms with van der Waals surface area (Å²) >= 11 is 0. The number of carbonyl (C=O) groups is 2. The highest BCUT2D eigenvalue weighted by molar-refractivity contribution is 5.98. The van der Waals surface area contributed by atoms with Crippen LogP contribution in [0.2, 0.25) is 0 Å². The molecule has 0 saturated heterocycles. The van der Waals surface area contributed by atoms with E-state index in [9.17, 15) is 29.3 Å². The SMILES string of the molecule is C[C@@H]1/C=C(/F)C(=O)[C@@H](O)[C@@H](O)C/C=C/c2cc(NCCO)cc(O)c2C(=O)O[C@H]1C. The lowest BCUT2D eigenvalue weighted by Gasteiger charge is -2.21. The van der Waals surface area contributed by atoms with E-state index in [-0.39, 0.29) is 36.4 Å². The van der Waals surface area contributed by atoms with Crippen LogP contribution in [0.3, 0.4) is 0 Å². The van der Waals surface area contributed by atoms with E-state index < -0.39 is 41.8 Å². The zero-order chi connectivity index (χ0) is 22.4. The molecular weight excluding hydrogens is 397 g/mol. The van der Waals surface area contributed by atoms with Crippen molar-refractivity contribution in [3.05, 3.63) is 41.2 Å². The highest BCUT2D eigenvalue weighted by Crippen LogP contribution is 2.30. The number of nitrogens with one attached hydrogen (secondary N) is 1. The maximum absolute atomic E-state index is 14.2. The third-order valence-corrected chi connectivity index (χ3v) is 4.78. The van der Waals surface area contributed by atoms with Gasteiger partial charge in [-0.15, -0.1) is 0 Å². The lowest BCUT2D eigenvalue weighted by Crippen LogP contribution is -2.34. The van der Waals surface area contributed by atoms with Crippen LogP contribution in [-0.2, 0) is 9.53 Å². The van der Waals surface area contributed by atoms with Crippen molar-refractivity contribution in [2.45, 2.75) is 38.6 Å². The van der Waals surface area contributed by atoms with Gasteiger partial charge in [-0.05, 0) is 31.1 Å². The van der Waals surface area contributed by atoms with Crippen LogP contribution in [0.1, 0.15) is 36.2 Å². The number of ether oxygens (including phenoxy) is 1. The fourth-order valence-corrected chi connectivity index (χ4v) is 2.87. The average molecular weight is 423 g/mol. The number of hydrogen-bond donors (Lipinski definition) is 5. The largest absolute Gasteiger partial charge is 0.507 e. The van der Waals surface area contributed by atoms with Gasteiger partial charge in [0.25, 0.3) is 0 Å². The third-order valence-electron chi connectivity index (χ3n) is 4.78. The maximum atomic E-state index is 14.2. The van der Waals surface area contributed by atoms with Gasteiger partial charge in [0.15, 0.2) is 5.83 Å². The number of rotatable bonds is 3. The molecule has 1 heterocycles. The number of fused-ring (bicyclic) bond motifs is 1. The lowest BCUT2D eigenvalue weighted by atomic mass is 9.99. The first-order chi connectivity index (χ1) is 14.1. The number of phenolic OH excluding ortho intramolecular Hbond substituents is 1. The first-order valence-electron chi connectivity index (χ1n) is 9.52. The zero-order valence-corrected chi connectivity index (χ0v) is 16.7. The van der Waals surface area contributed by atoms with Crippen LogP contribution >= 0.6 is 0 Å². The number of phenols is 1. The maximum Gasteiger partial charge on any atom is 0.342 e. The van der Waals surface area contributed by atoms with Gasteiger partial charge in [-0.25, -0.2) is 9.18 Å². The van der Waals surface area contributed by atoms with Gasteiger partial charge in [0.1, 0.15) is 23.5 Å². The minimum absolute atomic E-state index is 0.132. The normalized spacial score (nSPS) is 28.5. The van der Waals surface area contributed by atoms with Gasteiger partial charge in [0.2, 0.25) is 5.78 Å². The number of Topliss-reactive ketones (excluding diaryl/α,β-unsaturated/α-hetero) is 1. The molecule has 9 heteroatoms. The van der Waals surface area contributed by atoms with Gasteiger partial charge < -0.3 is 30.5 Å². The van der Waals surface area contributed by atoms with Crippen molar-refractivity contribution in [3.63, 3.8) is 0 Å². The van der Waals surface area contributed by atoms with Gasteiger partial charge in [0, 0.05) is 24.2 Å². The topological polar surface area (TPSA) is 136 Å². The Morgan fingerprint density at radius 2 is 1.93 bits per heavy atom. The van der Waals surface area contributed by atoms with Crippen LogP contribution in [0.25, 0.3) is 6.08 Å². The minimum atomic E-state index is -1.95. The molecule has 1 aliphatic rings. The summed E-state index contributed by atoms with van der Waals surface area (Å²) in [5, 5.41) is 42.2. The summed E-state index contributed by atoms with van der Waals surface area (Å²) in [5.74, 6) is -4.44. The molecule has 0 saturated carbocycles.